The summed E-state index contributed by atoms with van der Waals surface area (Å²) in [7, 11) is 0. The van der Waals surface area contributed by atoms with Gasteiger partial charge in [0.05, 0.1) is 5.39 Å². The number of pyridine rings is 2. The third-order valence-electron chi connectivity index (χ3n) is 3.78. The zero-order valence-corrected chi connectivity index (χ0v) is 13.5. The Hall–Kier alpha value is -2.45. The second kappa shape index (κ2) is 6.98. The number of piperazine rings is 1. The lowest BCUT2D eigenvalue weighted by atomic mass is 10.2. The molecule has 0 aromatic carbocycles. The van der Waals surface area contributed by atoms with Gasteiger partial charge < -0.3 is 19.9 Å². The predicted octanol–water partition coefficient (Wildman–Crippen LogP) is 1.17. The SMILES string of the molecule is C=Cn1cc(C(=O)O)c(=O)c2cc(F)c(N3CCNCC3)nc21.Cl. The van der Waals surface area contributed by atoms with Gasteiger partial charge in [0.25, 0.3) is 0 Å². The molecule has 128 valence electrons. The van der Waals surface area contributed by atoms with Crippen LogP contribution >= 0.6 is 12.4 Å². The molecule has 2 N–H and O–H groups in total. The lowest BCUT2D eigenvalue weighted by Crippen LogP contribution is -2.44. The Morgan fingerprint density at radius 1 is 1.42 bits per heavy atom. The van der Waals surface area contributed by atoms with Crippen LogP contribution in [0.3, 0.4) is 0 Å². The van der Waals surface area contributed by atoms with E-state index in [1.54, 1.807) is 4.90 Å². The molecule has 0 unspecified atom stereocenters. The Morgan fingerprint density at radius 2 is 2.08 bits per heavy atom. The molecule has 9 heteroatoms. The smallest absolute Gasteiger partial charge is 0.341 e. The molecule has 0 radical (unpaired) electrons. The first-order chi connectivity index (χ1) is 11.0. The van der Waals surface area contributed by atoms with E-state index in [1.165, 1.54) is 10.8 Å². The molecule has 1 fully saturated rings. The summed E-state index contributed by atoms with van der Waals surface area (Å²) in [6.07, 6.45) is 2.48. The maximum Gasteiger partial charge on any atom is 0.341 e. The molecule has 1 saturated heterocycles. The van der Waals surface area contributed by atoms with Crippen molar-refractivity contribution in [1.29, 1.82) is 0 Å². The minimum Gasteiger partial charge on any atom is -0.477 e. The molecule has 1 aliphatic heterocycles. The van der Waals surface area contributed by atoms with E-state index < -0.39 is 22.8 Å². The van der Waals surface area contributed by atoms with E-state index in [4.69, 9.17) is 5.11 Å². The maximum absolute atomic E-state index is 14.4. The Morgan fingerprint density at radius 3 is 2.67 bits per heavy atom. The van der Waals surface area contributed by atoms with Crippen LogP contribution in [0, 0.1) is 5.82 Å². The zero-order chi connectivity index (χ0) is 16.6. The number of nitrogens with zero attached hydrogens (tertiary/aromatic N) is 3. The Bertz CT molecular complexity index is 862. The van der Waals surface area contributed by atoms with Gasteiger partial charge in [0.1, 0.15) is 5.56 Å². The third-order valence-corrected chi connectivity index (χ3v) is 3.78. The summed E-state index contributed by atoms with van der Waals surface area (Å²) in [6, 6.07) is 1.05. The number of hydrogen-bond acceptors (Lipinski definition) is 5. The number of hydrogen-bond donors (Lipinski definition) is 2. The molecule has 1 aliphatic rings. The number of nitrogens with one attached hydrogen (secondary N) is 1. The van der Waals surface area contributed by atoms with Crippen molar-refractivity contribution in [2.75, 3.05) is 31.1 Å². The van der Waals surface area contributed by atoms with E-state index in [-0.39, 0.29) is 29.3 Å². The standard InChI is InChI=1S/C15H15FN4O3.ClH/c1-2-19-8-10(15(22)23)12(21)9-7-11(16)14(18-13(9)19)20-5-3-17-4-6-20;/h2,7-8,17H,1,3-6H2,(H,22,23);1H. The van der Waals surface area contributed by atoms with Crippen molar-refractivity contribution >= 4 is 41.4 Å². The van der Waals surface area contributed by atoms with Gasteiger partial charge in [-0.25, -0.2) is 14.2 Å². The van der Waals surface area contributed by atoms with E-state index in [0.29, 0.717) is 26.2 Å². The molecule has 7 nitrogen and oxygen atoms in total. The molecule has 2 aromatic rings. The molecule has 0 bridgehead atoms. The minimum absolute atomic E-state index is 0. The number of aromatic carboxylic acids is 1. The molecule has 3 heterocycles. The monoisotopic (exact) mass is 354 g/mol. The van der Waals surface area contributed by atoms with Crippen molar-refractivity contribution in [3.63, 3.8) is 0 Å². The van der Waals surface area contributed by atoms with Crippen LogP contribution in [-0.2, 0) is 0 Å². The first-order valence-corrected chi connectivity index (χ1v) is 7.10. The number of carboxylic acid groups (broad SMARTS) is 1. The van der Waals surface area contributed by atoms with Crippen LogP contribution in [0.2, 0.25) is 0 Å². The number of carbonyl (C=O) groups is 1. The Kier molecular flexibility index (Phi) is 5.20. The molecule has 0 spiro atoms. The van der Waals surface area contributed by atoms with Gasteiger partial charge in [-0.3, -0.25) is 4.79 Å². The van der Waals surface area contributed by atoms with Crippen LogP contribution in [0.4, 0.5) is 10.2 Å². The highest BCUT2D eigenvalue weighted by molar-refractivity contribution is 5.92. The molecule has 0 saturated carbocycles. The molecule has 0 amide bonds. The number of rotatable bonds is 3. The predicted molar refractivity (Wildman–Crippen MR) is 91.6 cm³/mol. The van der Waals surface area contributed by atoms with E-state index in [9.17, 15) is 14.0 Å². The van der Waals surface area contributed by atoms with Gasteiger partial charge in [-0.05, 0) is 6.07 Å². The van der Waals surface area contributed by atoms with Gasteiger partial charge in [-0.2, -0.15) is 0 Å². The van der Waals surface area contributed by atoms with Gasteiger partial charge in [0.15, 0.2) is 17.3 Å². The number of aromatic nitrogens is 2. The van der Waals surface area contributed by atoms with Crippen LogP contribution < -0.4 is 15.6 Å². The lowest BCUT2D eigenvalue weighted by Gasteiger charge is -2.28. The fourth-order valence-corrected chi connectivity index (χ4v) is 2.63. The van der Waals surface area contributed by atoms with E-state index in [1.807, 2.05) is 0 Å². The van der Waals surface area contributed by atoms with Crippen LogP contribution in [-0.4, -0.2) is 46.8 Å². The summed E-state index contributed by atoms with van der Waals surface area (Å²) < 4.78 is 15.7. The van der Waals surface area contributed by atoms with Crippen molar-refractivity contribution in [1.82, 2.24) is 14.9 Å². The molecule has 0 atom stereocenters. The van der Waals surface area contributed by atoms with E-state index in [2.05, 4.69) is 16.9 Å². The summed E-state index contributed by atoms with van der Waals surface area (Å²) in [5, 5.41) is 12.2. The number of halogens is 2. The molecule has 24 heavy (non-hydrogen) atoms. The quantitative estimate of drug-likeness (QED) is 0.860. The lowest BCUT2D eigenvalue weighted by molar-refractivity contribution is 0.0695. The molecular weight excluding hydrogens is 339 g/mol. The Balaban J connectivity index is 0.00000208. The average Bonchev–Trinajstić information content (AvgIpc) is 2.55. The zero-order valence-electron chi connectivity index (χ0n) is 12.7. The number of carboxylic acids is 1. The second-order valence-electron chi connectivity index (χ2n) is 5.17. The first-order valence-electron chi connectivity index (χ1n) is 7.10. The van der Waals surface area contributed by atoms with Crippen molar-refractivity contribution in [2.45, 2.75) is 0 Å². The highest BCUT2D eigenvalue weighted by atomic mass is 35.5. The van der Waals surface area contributed by atoms with Gasteiger partial charge in [-0.15, -0.1) is 12.4 Å². The van der Waals surface area contributed by atoms with Crippen molar-refractivity contribution in [3.8, 4) is 0 Å². The van der Waals surface area contributed by atoms with Crippen LogP contribution in [0.5, 0.6) is 0 Å². The summed E-state index contributed by atoms with van der Waals surface area (Å²) in [5.41, 5.74) is -1.03. The van der Waals surface area contributed by atoms with E-state index in [0.717, 1.165) is 12.3 Å². The second-order valence-corrected chi connectivity index (χ2v) is 5.17. The summed E-state index contributed by atoms with van der Waals surface area (Å²) in [4.78, 5) is 29.4. The Labute approximate surface area is 142 Å². The minimum atomic E-state index is -1.38. The first kappa shape index (κ1) is 17.9. The van der Waals surface area contributed by atoms with Gasteiger partial charge in [0, 0.05) is 38.6 Å². The highest BCUT2D eigenvalue weighted by Gasteiger charge is 2.21. The van der Waals surface area contributed by atoms with Crippen LogP contribution in [0.25, 0.3) is 17.2 Å². The highest BCUT2D eigenvalue weighted by Crippen LogP contribution is 2.22. The fourth-order valence-electron chi connectivity index (χ4n) is 2.63. The summed E-state index contributed by atoms with van der Waals surface area (Å²) in [6.45, 7) is 6.21. The van der Waals surface area contributed by atoms with Gasteiger partial charge >= 0.3 is 5.97 Å². The fraction of sp³-hybridized carbons (Fsp3) is 0.267. The molecule has 3 rings (SSSR count). The van der Waals surface area contributed by atoms with Crippen molar-refractivity contribution in [3.05, 3.63) is 40.4 Å². The van der Waals surface area contributed by atoms with Crippen LogP contribution in [0.15, 0.2) is 23.6 Å². The normalized spacial score (nSPS) is 14.3. The number of anilines is 1. The van der Waals surface area contributed by atoms with Gasteiger partial charge in [-0.1, -0.05) is 6.58 Å². The van der Waals surface area contributed by atoms with Crippen LogP contribution in [0.1, 0.15) is 10.4 Å². The van der Waals surface area contributed by atoms with E-state index >= 15 is 0 Å². The van der Waals surface area contributed by atoms with Gasteiger partial charge in [0.2, 0.25) is 5.43 Å². The molecule has 2 aromatic heterocycles. The summed E-state index contributed by atoms with van der Waals surface area (Å²) in [5.74, 6) is -1.87. The topological polar surface area (TPSA) is 87.5 Å². The maximum atomic E-state index is 14.4. The van der Waals surface area contributed by atoms with Crippen molar-refractivity contribution in [2.24, 2.45) is 0 Å². The average molecular weight is 355 g/mol. The number of fused-ring (bicyclic) bond motifs is 1. The largest absolute Gasteiger partial charge is 0.477 e. The molecular formula is C15H16ClFN4O3. The molecule has 0 aliphatic carbocycles. The van der Waals surface area contributed by atoms with Crippen molar-refractivity contribution < 1.29 is 14.3 Å². The third kappa shape index (κ3) is 2.98. The summed E-state index contributed by atoms with van der Waals surface area (Å²) >= 11 is 0.